The molecule has 1 heterocycles. The van der Waals surface area contributed by atoms with Gasteiger partial charge >= 0.3 is 0 Å². The lowest BCUT2D eigenvalue weighted by Gasteiger charge is -2.23. The van der Waals surface area contributed by atoms with Gasteiger partial charge in [-0.15, -0.1) is 0 Å². The number of benzene rings is 1. The lowest BCUT2D eigenvalue weighted by molar-refractivity contribution is 0.382. The number of methoxy groups -OCH3 is 2. The highest BCUT2D eigenvalue weighted by molar-refractivity contribution is 7.89. The summed E-state index contributed by atoms with van der Waals surface area (Å²) in [5, 5.41) is 3.25. The van der Waals surface area contributed by atoms with E-state index in [4.69, 9.17) is 9.47 Å². The van der Waals surface area contributed by atoms with E-state index in [-0.39, 0.29) is 5.75 Å². The van der Waals surface area contributed by atoms with Gasteiger partial charge in [0, 0.05) is 44.9 Å². The molecule has 1 aliphatic heterocycles. The highest BCUT2D eigenvalue weighted by Crippen LogP contribution is 2.25. The average molecular weight is 399 g/mol. The van der Waals surface area contributed by atoms with Gasteiger partial charge in [-0.2, -0.15) is 0 Å². The second-order valence-electron chi connectivity index (χ2n) is 6.34. The summed E-state index contributed by atoms with van der Waals surface area (Å²) in [5.41, 5.74) is 1.01. The van der Waals surface area contributed by atoms with Gasteiger partial charge < -0.3 is 19.7 Å². The van der Waals surface area contributed by atoms with E-state index in [0.717, 1.165) is 29.6 Å². The van der Waals surface area contributed by atoms with Gasteiger partial charge in [0.15, 0.2) is 5.96 Å². The second kappa shape index (κ2) is 9.80. The molecule has 0 bridgehead atoms. The molecule has 0 saturated carbocycles. The third-order valence-corrected chi connectivity index (χ3v) is 6.37. The van der Waals surface area contributed by atoms with Gasteiger partial charge in [0.1, 0.15) is 11.5 Å². The molecule has 1 aromatic carbocycles. The van der Waals surface area contributed by atoms with Crippen LogP contribution in [0.1, 0.15) is 18.9 Å². The molecule has 0 unspecified atom stereocenters. The summed E-state index contributed by atoms with van der Waals surface area (Å²) in [6, 6.07) is 5.72. The first kappa shape index (κ1) is 21.3. The molecule has 0 atom stereocenters. The number of nitrogens with zero attached hydrogens (tertiary/aromatic N) is 3. The van der Waals surface area contributed by atoms with E-state index < -0.39 is 10.0 Å². The summed E-state index contributed by atoms with van der Waals surface area (Å²) in [6.07, 6.45) is 0.698. The van der Waals surface area contributed by atoms with Gasteiger partial charge in [-0.25, -0.2) is 12.7 Å². The maximum atomic E-state index is 11.9. The van der Waals surface area contributed by atoms with Crippen LogP contribution in [0, 0.1) is 0 Å². The summed E-state index contributed by atoms with van der Waals surface area (Å²) >= 11 is 0. The molecule has 1 saturated heterocycles. The topological polar surface area (TPSA) is 83.5 Å². The lowest BCUT2D eigenvalue weighted by Crippen LogP contribution is -2.39. The van der Waals surface area contributed by atoms with Gasteiger partial charge in [-0.3, -0.25) is 4.99 Å². The highest BCUT2D eigenvalue weighted by atomic mass is 32.2. The molecule has 152 valence electrons. The summed E-state index contributed by atoms with van der Waals surface area (Å²) in [5.74, 6) is 2.46. The summed E-state index contributed by atoms with van der Waals surface area (Å²) in [7, 11) is 2.12. The predicted octanol–water partition coefficient (Wildman–Crippen LogP) is 1.14. The number of hydrogen-bond donors (Lipinski definition) is 1. The molecule has 1 N–H and O–H groups in total. The fourth-order valence-corrected chi connectivity index (χ4v) is 4.51. The van der Waals surface area contributed by atoms with Gasteiger partial charge in [-0.1, -0.05) is 0 Å². The summed E-state index contributed by atoms with van der Waals surface area (Å²) < 4.78 is 36.0. The van der Waals surface area contributed by atoms with Crippen molar-refractivity contribution in [2.45, 2.75) is 19.9 Å². The van der Waals surface area contributed by atoms with Crippen LogP contribution in [0.5, 0.6) is 11.5 Å². The number of sulfonamides is 1. The van der Waals surface area contributed by atoms with Crippen LogP contribution in [0.2, 0.25) is 0 Å². The van der Waals surface area contributed by atoms with Gasteiger partial charge in [-0.05, 0) is 25.5 Å². The summed E-state index contributed by atoms with van der Waals surface area (Å²) in [6.45, 7) is 4.75. The molecule has 0 amide bonds. The van der Waals surface area contributed by atoms with Crippen molar-refractivity contribution in [3.8, 4) is 11.5 Å². The van der Waals surface area contributed by atoms with Crippen molar-refractivity contribution >= 4 is 16.0 Å². The highest BCUT2D eigenvalue weighted by Gasteiger charge is 2.27. The maximum Gasteiger partial charge on any atom is 0.214 e. The Balaban J connectivity index is 2.04. The van der Waals surface area contributed by atoms with Crippen LogP contribution in [-0.2, 0) is 16.6 Å². The Bertz CT molecular complexity index is 752. The first-order chi connectivity index (χ1) is 12.9. The Kier molecular flexibility index (Phi) is 7.73. The molecule has 0 radical (unpaired) electrons. The zero-order valence-electron chi connectivity index (χ0n) is 16.6. The molecule has 0 aliphatic carbocycles. The van der Waals surface area contributed by atoms with Crippen LogP contribution in [0.4, 0.5) is 0 Å². The van der Waals surface area contributed by atoms with E-state index in [9.17, 15) is 8.42 Å². The Labute approximate surface area is 162 Å². The Morgan fingerprint density at radius 2 is 2.11 bits per heavy atom. The molecule has 1 fully saturated rings. The van der Waals surface area contributed by atoms with Crippen molar-refractivity contribution < 1.29 is 17.9 Å². The minimum absolute atomic E-state index is 0.244. The van der Waals surface area contributed by atoms with Gasteiger partial charge in [0.05, 0.1) is 26.5 Å². The normalized spacial score (nSPS) is 17.0. The predicted molar refractivity (Wildman–Crippen MR) is 107 cm³/mol. The van der Waals surface area contributed by atoms with E-state index >= 15 is 0 Å². The minimum Gasteiger partial charge on any atom is -0.497 e. The van der Waals surface area contributed by atoms with Crippen LogP contribution in [-0.4, -0.2) is 76.8 Å². The van der Waals surface area contributed by atoms with Gasteiger partial charge in [0.25, 0.3) is 0 Å². The minimum atomic E-state index is -3.08. The molecule has 27 heavy (non-hydrogen) atoms. The molecule has 1 aliphatic rings. The number of rotatable bonds is 8. The lowest BCUT2D eigenvalue weighted by atomic mass is 10.2. The number of aliphatic imine (C=N–C) groups is 1. The molecule has 9 heteroatoms. The Morgan fingerprint density at radius 3 is 2.70 bits per heavy atom. The molecule has 1 aromatic rings. The SMILES string of the molecule is CCNC(=NCCN1CCCS1(=O)=O)N(C)Cc1ccc(OC)cc1OC. The van der Waals surface area contributed by atoms with Crippen LogP contribution >= 0.6 is 0 Å². The first-order valence-electron chi connectivity index (χ1n) is 9.09. The third-order valence-electron chi connectivity index (χ3n) is 4.41. The van der Waals surface area contributed by atoms with Crippen LogP contribution in [0.25, 0.3) is 0 Å². The van der Waals surface area contributed by atoms with Crippen LogP contribution in [0.15, 0.2) is 23.2 Å². The van der Waals surface area contributed by atoms with Crippen molar-refractivity contribution in [3.63, 3.8) is 0 Å². The fraction of sp³-hybridized carbons (Fsp3) is 0.611. The monoisotopic (exact) mass is 398 g/mol. The van der Waals surface area contributed by atoms with E-state index in [1.807, 2.05) is 37.1 Å². The van der Waals surface area contributed by atoms with Crippen molar-refractivity contribution in [1.29, 1.82) is 0 Å². The number of hydrogen-bond acceptors (Lipinski definition) is 5. The maximum absolute atomic E-state index is 11.9. The quantitative estimate of drug-likeness (QED) is 0.522. The Hall–Kier alpha value is -2.00. The van der Waals surface area contributed by atoms with Crippen molar-refractivity contribution in [3.05, 3.63) is 23.8 Å². The summed E-state index contributed by atoms with van der Waals surface area (Å²) in [4.78, 5) is 6.58. The molecule has 0 spiro atoms. The Morgan fingerprint density at radius 1 is 1.33 bits per heavy atom. The number of ether oxygens (including phenoxy) is 2. The zero-order chi connectivity index (χ0) is 19.9. The molecule has 8 nitrogen and oxygen atoms in total. The average Bonchev–Trinajstić information content (AvgIpc) is 2.99. The van der Waals surface area contributed by atoms with E-state index in [1.54, 1.807) is 14.2 Å². The molecular weight excluding hydrogens is 368 g/mol. The second-order valence-corrected chi connectivity index (χ2v) is 8.43. The standard InChI is InChI=1S/C18H30N4O4S/c1-5-19-18(20-9-11-22-10-6-12-27(22,23)24)21(2)14-15-7-8-16(25-3)13-17(15)26-4/h7-8,13H,5-6,9-12,14H2,1-4H3,(H,19,20). The smallest absolute Gasteiger partial charge is 0.214 e. The largest absolute Gasteiger partial charge is 0.497 e. The van der Waals surface area contributed by atoms with E-state index in [0.29, 0.717) is 32.6 Å². The van der Waals surface area contributed by atoms with E-state index in [1.165, 1.54) is 4.31 Å². The van der Waals surface area contributed by atoms with Crippen molar-refractivity contribution in [1.82, 2.24) is 14.5 Å². The first-order valence-corrected chi connectivity index (χ1v) is 10.7. The zero-order valence-corrected chi connectivity index (χ0v) is 17.4. The number of guanidine groups is 1. The fourth-order valence-electron chi connectivity index (χ4n) is 2.99. The van der Waals surface area contributed by atoms with E-state index in [2.05, 4.69) is 10.3 Å². The molecule has 0 aromatic heterocycles. The third kappa shape index (κ3) is 5.74. The molecule has 2 rings (SSSR count). The van der Waals surface area contributed by atoms with Crippen molar-refractivity contribution in [2.24, 2.45) is 4.99 Å². The van der Waals surface area contributed by atoms with Crippen molar-refractivity contribution in [2.75, 3.05) is 53.2 Å². The molecular formula is C18H30N4O4S. The van der Waals surface area contributed by atoms with Crippen LogP contribution < -0.4 is 14.8 Å². The van der Waals surface area contributed by atoms with Gasteiger partial charge in [0.2, 0.25) is 10.0 Å². The van der Waals surface area contributed by atoms with Crippen LogP contribution in [0.3, 0.4) is 0 Å². The number of nitrogens with one attached hydrogen (secondary N) is 1.